The second-order valence-electron chi connectivity index (χ2n) is 10.6. The third-order valence-corrected chi connectivity index (χ3v) is 9.02. The van der Waals surface area contributed by atoms with Crippen LogP contribution in [0.3, 0.4) is 0 Å². The summed E-state index contributed by atoms with van der Waals surface area (Å²) in [5, 5.41) is 4.23. The minimum Gasteiger partial charge on any atom is -0.184 e. The van der Waals surface area contributed by atoms with Crippen molar-refractivity contribution in [2.45, 2.75) is 25.7 Å². The molecule has 0 saturated heterocycles. The van der Waals surface area contributed by atoms with Crippen LogP contribution in [0.1, 0.15) is 23.6 Å². The van der Waals surface area contributed by atoms with Gasteiger partial charge in [-0.3, -0.25) is 0 Å². The molecule has 0 unspecified atom stereocenters. The largest absolute Gasteiger partial charge is 0.184 e. The normalized spacial score (nSPS) is 11.9. The summed E-state index contributed by atoms with van der Waals surface area (Å²) in [4.78, 5) is 0. The average Bonchev–Trinajstić information content (AvgIpc) is 3.66. The molecule has 236 valence electrons. The van der Waals surface area contributed by atoms with Crippen LogP contribution in [-0.4, -0.2) is 9.52 Å². The predicted molar refractivity (Wildman–Crippen MR) is 177 cm³/mol. The number of rotatable bonds is 3. The SMILES string of the molecule is CCc1cc2c(-c3cc(C(F)(F)F)cc(C(F)(F)F)c3)c(-c3ccccc3)ccc2[cH-]1.[Cl][Zr+2][Cl].[c-]1cccc2c1[Si]c1ccccc1-2. The molecular weight excluding hydrogens is 749 g/mol. The number of halogens is 8. The number of hydrogen-bond donors (Lipinski definition) is 0. The summed E-state index contributed by atoms with van der Waals surface area (Å²) >= 11 is -0.826. The molecule has 0 atom stereocenters. The first-order chi connectivity index (χ1) is 22.4. The monoisotopic (exact) mass is 770 g/mol. The van der Waals surface area contributed by atoms with E-state index in [0.717, 1.165) is 32.6 Å². The third-order valence-electron chi connectivity index (χ3n) is 7.65. The minimum atomic E-state index is -4.91. The molecule has 0 nitrogen and oxygen atoms in total. The number of fused-ring (bicyclic) bond motifs is 4. The van der Waals surface area contributed by atoms with Gasteiger partial charge in [0.15, 0.2) is 0 Å². The molecule has 47 heavy (non-hydrogen) atoms. The maximum atomic E-state index is 13.5. The molecule has 0 aliphatic carbocycles. The van der Waals surface area contributed by atoms with Gasteiger partial charge in [0.1, 0.15) is 0 Å². The van der Waals surface area contributed by atoms with E-state index in [1.165, 1.54) is 21.5 Å². The fraction of sp³-hybridized carbons (Fsp3) is 0.108. The van der Waals surface area contributed by atoms with E-state index < -0.39 is 44.3 Å². The quantitative estimate of drug-likeness (QED) is 0.0953. The smallest absolute Gasteiger partial charge is 0.0920 e. The van der Waals surface area contributed by atoms with Crippen LogP contribution in [0.5, 0.6) is 0 Å². The van der Waals surface area contributed by atoms with E-state index in [4.69, 9.17) is 17.0 Å². The topological polar surface area (TPSA) is 0 Å². The molecule has 0 spiro atoms. The van der Waals surface area contributed by atoms with Crippen molar-refractivity contribution in [2.24, 2.45) is 0 Å². The number of aryl methyl sites for hydroxylation is 1. The predicted octanol–water partition coefficient (Wildman–Crippen LogP) is 11.0. The molecule has 6 aromatic carbocycles. The molecule has 0 fully saturated rings. The molecule has 0 saturated carbocycles. The van der Waals surface area contributed by atoms with Crippen LogP contribution in [0.25, 0.3) is 44.2 Å². The molecule has 1 aliphatic heterocycles. The van der Waals surface area contributed by atoms with Gasteiger partial charge in [0.05, 0.1) is 20.6 Å². The van der Waals surface area contributed by atoms with Crippen LogP contribution in [-0.2, 0) is 39.6 Å². The van der Waals surface area contributed by atoms with Gasteiger partial charge in [0.2, 0.25) is 0 Å². The van der Waals surface area contributed by atoms with Crippen molar-refractivity contribution in [1.82, 2.24) is 0 Å². The van der Waals surface area contributed by atoms with E-state index in [2.05, 4.69) is 42.5 Å². The second kappa shape index (κ2) is 15.0. The van der Waals surface area contributed by atoms with Crippen LogP contribution in [0, 0.1) is 6.07 Å². The van der Waals surface area contributed by atoms with Crippen LogP contribution in [0.4, 0.5) is 26.3 Å². The first-order valence-corrected chi connectivity index (χ1v) is 21.7. The molecule has 1 aliphatic rings. The third kappa shape index (κ3) is 8.17. The van der Waals surface area contributed by atoms with E-state index in [0.29, 0.717) is 28.5 Å². The van der Waals surface area contributed by atoms with Crippen molar-refractivity contribution in [2.75, 3.05) is 0 Å². The zero-order chi connectivity index (χ0) is 33.8. The molecule has 10 heteroatoms. The first-order valence-electron chi connectivity index (χ1n) is 14.4. The van der Waals surface area contributed by atoms with Crippen LogP contribution in [0.2, 0.25) is 0 Å². The Bertz CT molecular complexity index is 1910. The standard InChI is InChI=1S/C25H17F6.C12H7Si.2ClH.Zr/c1-2-15-10-17-8-9-21(16-6-4-3-5-7-16)23(22(17)11-15)18-12-19(24(26,27)28)14-20(13-18)25(29,30)31;1-3-7-11-9(5-1)10-6-2-4-8-12(10)13-11;;;/h3-14H,2H2,1H3;1-7H;2*1H;/q2*-1;;;+4/p-2. The molecule has 0 bridgehead atoms. The molecule has 7 rings (SSSR count). The van der Waals surface area contributed by atoms with Gasteiger partial charge in [-0.05, 0) is 41.3 Å². The van der Waals surface area contributed by atoms with Gasteiger partial charge in [0, 0.05) is 0 Å². The molecule has 2 radical (unpaired) electrons. The van der Waals surface area contributed by atoms with Crippen LogP contribution >= 0.6 is 17.0 Å². The van der Waals surface area contributed by atoms with E-state index in [1.54, 1.807) is 36.4 Å². The van der Waals surface area contributed by atoms with E-state index in [9.17, 15) is 26.3 Å². The minimum absolute atomic E-state index is 0.111. The van der Waals surface area contributed by atoms with E-state index >= 15 is 0 Å². The molecule has 6 aromatic rings. The van der Waals surface area contributed by atoms with Crippen molar-refractivity contribution in [3.8, 4) is 33.4 Å². The summed E-state index contributed by atoms with van der Waals surface area (Å²) in [5.74, 6) is 0. The molecule has 1 heterocycles. The zero-order valence-corrected chi connectivity index (χ0v) is 29.7. The van der Waals surface area contributed by atoms with Gasteiger partial charge in [-0.1, -0.05) is 83.9 Å². The fourth-order valence-corrected chi connectivity index (χ4v) is 6.85. The number of alkyl halides is 6. The average molecular weight is 773 g/mol. The van der Waals surface area contributed by atoms with Gasteiger partial charge in [-0.2, -0.15) is 61.9 Å². The molecular formula is C37H24Cl2F6SiZr. The summed E-state index contributed by atoms with van der Waals surface area (Å²) in [6, 6.07) is 36.2. The number of benzene rings is 5. The Labute approximate surface area is 290 Å². The summed E-state index contributed by atoms with van der Waals surface area (Å²) < 4.78 is 80.9. The Morgan fingerprint density at radius 3 is 1.96 bits per heavy atom. The zero-order valence-electron chi connectivity index (χ0n) is 24.7. The van der Waals surface area contributed by atoms with E-state index in [-0.39, 0.29) is 11.6 Å². The van der Waals surface area contributed by atoms with Gasteiger partial charge >= 0.3 is 50.2 Å². The Balaban J connectivity index is 0.000000222. The van der Waals surface area contributed by atoms with Gasteiger partial charge < -0.3 is 0 Å². The second-order valence-corrected chi connectivity index (χ2v) is 15.6. The summed E-state index contributed by atoms with van der Waals surface area (Å²) in [6.07, 6.45) is -9.11. The molecule has 0 aromatic heterocycles. The Morgan fingerprint density at radius 1 is 0.702 bits per heavy atom. The number of hydrogen-bond acceptors (Lipinski definition) is 0. The maximum Gasteiger partial charge on any atom is 0.0920 e. The van der Waals surface area contributed by atoms with Crippen molar-refractivity contribution in [1.29, 1.82) is 0 Å². The Morgan fingerprint density at radius 2 is 1.32 bits per heavy atom. The van der Waals surface area contributed by atoms with Crippen molar-refractivity contribution < 1.29 is 47.2 Å². The molecule has 0 N–H and O–H groups in total. The van der Waals surface area contributed by atoms with Crippen molar-refractivity contribution in [3.05, 3.63) is 138 Å². The van der Waals surface area contributed by atoms with Crippen LogP contribution < -0.4 is 10.4 Å². The van der Waals surface area contributed by atoms with Crippen molar-refractivity contribution >= 4 is 47.7 Å². The fourth-order valence-electron chi connectivity index (χ4n) is 5.54. The first kappa shape index (κ1) is 35.3. The van der Waals surface area contributed by atoms with Gasteiger partial charge in [-0.25, -0.2) is 0 Å². The summed E-state index contributed by atoms with van der Waals surface area (Å²) in [7, 11) is 10.7. The molecule has 0 amide bonds. The summed E-state index contributed by atoms with van der Waals surface area (Å²) in [5.41, 5.74) is 2.62. The van der Waals surface area contributed by atoms with Gasteiger partial charge in [0.25, 0.3) is 0 Å². The van der Waals surface area contributed by atoms with Crippen LogP contribution in [0.15, 0.2) is 115 Å². The Kier molecular flexibility index (Phi) is 11.3. The Hall–Kier alpha value is -3.03. The summed E-state index contributed by atoms with van der Waals surface area (Å²) in [6.45, 7) is 1.94. The van der Waals surface area contributed by atoms with E-state index in [1.807, 2.05) is 31.2 Å². The maximum absolute atomic E-state index is 13.5. The van der Waals surface area contributed by atoms with Gasteiger partial charge in [-0.15, -0.1) is 34.0 Å². The van der Waals surface area contributed by atoms with Crippen molar-refractivity contribution in [3.63, 3.8) is 0 Å².